The Morgan fingerprint density at radius 1 is 1.22 bits per heavy atom. The zero-order valence-electron chi connectivity index (χ0n) is 12.6. The summed E-state index contributed by atoms with van der Waals surface area (Å²) in [6.45, 7) is 0. The number of anilines is 2. The van der Waals surface area contributed by atoms with Crippen LogP contribution in [-0.2, 0) is 11.2 Å². The third-order valence-electron chi connectivity index (χ3n) is 4.15. The van der Waals surface area contributed by atoms with Crippen molar-refractivity contribution in [2.45, 2.75) is 6.42 Å². The minimum atomic E-state index is 0.133. The zero-order chi connectivity index (χ0) is 16.0. The molecular formula is C18H15N3OS. The Balaban J connectivity index is 1.72. The first kappa shape index (κ1) is 14.0. The van der Waals surface area contributed by atoms with Crippen molar-refractivity contribution in [2.24, 2.45) is 0 Å². The Hall–Kier alpha value is -2.66. The fourth-order valence-electron chi connectivity index (χ4n) is 2.85. The Bertz CT molecular complexity index is 916. The number of hydrogen-bond acceptors (Lipinski definition) is 4. The standard InChI is InChI=1S/C18H15N3OS/c1-21-16-7-6-11(8-12(16)9-17(21)22)15-10-23-18(20-15)13-4-2-3-5-14(13)19/h2-8,10H,9,19H2,1H3. The second-order valence-electron chi connectivity index (χ2n) is 5.60. The van der Waals surface area contributed by atoms with Crippen molar-refractivity contribution in [3.8, 4) is 21.8 Å². The van der Waals surface area contributed by atoms with Gasteiger partial charge in [-0.3, -0.25) is 4.79 Å². The average Bonchev–Trinajstić information content (AvgIpc) is 3.14. The minimum Gasteiger partial charge on any atom is -0.398 e. The number of rotatable bonds is 2. The maximum Gasteiger partial charge on any atom is 0.231 e. The number of carbonyl (C=O) groups excluding carboxylic acids is 1. The first-order chi connectivity index (χ1) is 11.1. The van der Waals surface area contributed by atoms with Gasteiger partial charge in [0.25, 0.3) is 0 Å². The van der Waals surface area contributed by atoms with Gasteiger partial charge in [0.05, 0.1) is 12.1 Å². The zero-order valence-corrected chi connectivity index (χ0v) is 13.4. The first-order valence-electron chi connectivity index (χ1n) is 7.34. The van der Waals surface area contributed by atoms with Gasteiger partial charge in [0.2, 0.25) is 5.91 Å². The SMILES string of the molecule is CN1C(=O)Cc2cc(-c3csc(-c4ccccc4N)n3)ccc21. The van der Waals surface area contributed by atoms with Gasteiger partial charge >= 0.3 is 0 Å². The highest BCUT2D eigenvalue weighted by Crippen LogP contribution is 2.35. The van der Waals surface area contributed by atoms with Crippen LogP contribution >= 0.6 is 11.3 Å². The summed E-state index contributed by atoms with van der Waals surface area (Å²) in [7, 11) is 1.81. The number of para-hydroxylation sites is 1. The van der Waals surface area contributed by atoms with Crippen molar-refractivity contribution >= 4 is 28.6 Å². The molecule has 0 spiro atoms. The molecule has 1 amide bonds. The number of thiazole rings is 1. The van der Waals surface area contributed by atoms with Crippen LogP contribution in [0, 0.1) is 0 Å². The predicted octanol–water partition coefficient (Wildman–Crippen LogP) is 3.58. The van der Waals surface area contributed by atoms with Gasteiger partial charge < -0.3 is 10.6 Å². The van der Waals surface area contributed by atoms with Crippen LogP contribution in [0.25, 0.3) is 21.8 Å². The van der Waals surface area contributed by atoms with Gasteiger partial charge in [-0.2, -0.15) is 0 Å². The lowest BCUT2D eigenvalue weighted by molar-refractivity contribution is -0.117. The number of amides is 1. The molecule has 0 atom stereocenters. The van der Waals surface area contributed by atoms with Crippen LogP contribution in [0.5, 0.6) is 0 Å². The van der Waals surface area contributed by atoms with E-state index in [-0.39, 0.29) is 5.91 Å². The quantitative estimate of drug-likeness (QED) is 0.734. The highest BCUT2D eigenvalue weighted by atomic mass is 32.1. The third kappa shape index (κ3) is 2.29. The van der Waals surface area contributed by atoms with E-state index < -0.39 is 0 Å². The molecule has 1 aliphatic heterocycles. The Morgan fingerprint density at radius 2 is 2.04 bits per heavy atom. The van der Waals surface area contributed by atoms with Gasteiger partial charge in [-0.05, 0) is 29.8 Å². The summed E-state index contributed by atoms with van der Waals surface area (Å²) in [4.78, 5) is 18.2. The topological polar surface area (TPSA) is 59.2 Å². The third-order valence-corrected chi connectivity index (χ3v) is 5.02. The van der Waals surface area contributed by atoms with Crippen molar-refractivity contribution in [3.05, 3.63) is 53.4 Å². The average molecular weight is 321 g/mol. The number of aromatic nitrogens is 1. The summed E-state index contributed by atoms with van der Waals surface area (Å²) < 4.78 is 0. The lowest BCUT2D eigenvalue weighted by Gasteiger charge is -2.09. The smallest absolute Gasteiger partial charge is 0.231 e. The Morgan fingerprint density at radius 3 is 2.87 bits per heavy atom. The van der Waals surface area contributed by atoms with E-state index in [4.69, 9.17) is 10.7 Å². The van der Waals surface area contributed by atoms with E-state index in [1.165, 1.54) is 0 Å². The lowest BCUT2D eigenvalue weighted by Crippen LogP contribution is -2.20. The molecule has 2 N–H and O–H groups in total. The number of likely N-dealkylation sites (N-methyl/N-ethyl adjacent to an activating group) is 1. The fourth-order valence-corrected chi connectivity index (χ4v) is 3.73. The van der Waals surface area contributed by atoms with Gasteiger partial charge in [-0.15, -0.1) is 11.3 Å². The van der Waals surface area contributed by atoms with E-state index in [1.807, 2.05) is 48.8 Å². The van der Waals surface area contributed by atoms with Crippen LogP contribution in [-0.4, -0.2) is 17.9 Å². The van der Waals surface area contributed by atoms with Crippen LogP contribution in [0.3, 0.4) is 0 Å². The van der Waals surface area contributed by atoms with E-state index >= 15 is 0 Å². The normalized spacial score (nSPS) is 13.4. The molecule has 0 unspecified atom stereocenters. The molecule has 2 aromatic carbocycles. The van der Waals surface area contributed by atoms with E-state index in [0.29, 0.717) is 6.42 Å². The highest BCUT2D eigenvalue weighted by molar-refractivity contribution is 7.13. The molecule has 0 bridgehead atoms. The molecule has 1 aromatic heterocycles. The fraction of sp³-hybridized carbons (Fsp3) is 0.111. The molecular weight excluding hydrogens is 306 g/mol. The first-order valence-corrected chi connectivity index (χ1v) is 8.22. The molecule has 23 heavy (non-hydrogen) atoms. The van der Waals surface area contributed by atoms with E-state index in [2.05, 4.69) is 6.07 Å². The van der Waals surface area contributed by atoms with E-state index in [9.17, 15) is 4.79 Å². The number of benzene rings is 2. The summed E-state index contributed by atoms with van der Waals surface area (Å²) in [5.41, 5.74) is 11.7. The van der Waals surface area contributed by atoms with Gasteiger partial charge in [0.15, 0.2) is 0 Å². The summed E-state index contributed by atoms with van der Waals surface area (Å²) >= 11 is 1.58. The number of hydrogen-bond donors (Lipinski definition) is 1. The van der Waals surface area contributed by atoms with Crippen LogP contribution < -0.4 is 10.6 Å². The van der Waals surface area contributed by atoms with Crippen molar-refractivity contribution < 1.29 is 4.79 Å². The number of carbonyl (C=O) groups is 1. The maximum atomic E-state index is 11.8. The van der Waals surface area contributed by atoms with Crippen LogP contribution in [0.4, 0.5) is 11.4 Å². The molecule has 3 aromatic rings. The molecule has 1 aliphatic rings. The summed E-state index contributed by atoms with van der Waals surface area (Å²) in [6, 6.07) is 13.8. The molecule has 5 heteroatoms. The molecule has 0 saturated carbocycles. The predicted molar refractivity (Wildman–Crippen MR) is 94.5 cm³/mol. The monoisotopic (exact) mass is 321 g/mol. The molecule has 114 valence electrons. The van der Waals surface area contributed by atoms with Gasteiger partial charge in [-0.1, -0.05) is 18.2 Å². The van der Waals surface area contributed by atoms with Crippen LogP contribution in [0.2, 0.25) is 0 Å². The lowest BCUT2D eigenvalue weighted by atomic mass is 10.1. The number of nitrogen functional groups attached to an aromatic ring is 1. The van der Waals surface area contributed by atoms with E-state index in [1.54, 1.807) is 16.2 Å². The van der Waals surface area contributed by atoms with Crippen molar-refractivity contribution in [1.29, 1.82) is 0 Å². The second-order valence-corrected chi connectivity index (χ2v) is 6.46. The summed E-state index contributed by atoms with van der Waals surface area (Å²) in [5, 5.41) is 2.94. The molecule has 0 aliphatic carbocycles. The van der Waals surface area contributed by atoms with Gasteiger partial charge in [0, 0.05) is 34.9 Å². The molecule has 4 rings (SSSR count). The second kappa shape index (κ2) is 5.21. The van der Waals surface area contributed by atoms with Crippen molar-refractivity contribution in [2.75, 3.05) is 17.7 Å². The van der Waals surface area contributed by atoms with Crippen LogP contribution in [0.15, 0.2) is 47.8 Å². The summed E-state index contributed by atoms with van der Waals surface area (Å²) in [6.07, 6.45) is 0.461. The molecule has 2 heterocycles. The molecule has 4 nitrogen and oxygen atoms in total. The summed E-state index contributed by atoms with van der Waals surface area (Å²) in [5.74, 6) is 0.133. The molecule has 0 fully saturated rings. The number of nitrogens with zero attached hydrogens (tertiary/aromatic N) is 2. The van der Waals surface area contributed by atoms with Crippen molar-refractivity contribution in [1.82, 2.24) is 4.98 Å². The number of fused-ring (bicyclic) bond motifs is 1. The maximum absolute atomic E-state index is 11.8. The molecule has 0 saturated heterocycles. The van der Waals surface area contributed by atoms with Gasteiger partial charge in [-0.25, -0.2) is 4.98 Å². The molecule has 0 radical (unpaired) electrons. The Labute approximate surface area is 138 Å². The highest BCUT2D eigenvalue weighted by Gasteiger charge is 2.24. The largest absolute Gasteiger partial charge is 0.398 e. The number of nitrogens with two attached hydrogens (primary N) is 1. The van der Waals surface area contributed by atoms with Crippen molar-refractivity contribution in [3.63, 3.8) is 0 Å². The minimum absolute atomic E-state index is 0.133. The van der Waals surface area contributed by atoms with Gasteiger partial charge in [0.1, 0.15) is 5.01 Å². The van der Waals surface area contributed by atoms with Crippen LogP contribution in [0.1, 0.15) is 5.56 Å². The Kier molecular flexibility index (Phi) is 3.16. The van der Waals surface area contributed by atoms with E-state index in [0.717, 1.165) is 38.8 Å².